The number of hydrogen-bond acceptors (Lipinski definition) is 2. The lowest BCUT2D eigenvalue weighted by molar-refractivity contribution is 0.415. The monoisotopic (exact) mass is 229 g/mol. The molecule has 0 radical (unpaired) electrons. The molecule has 0 aliphatic heterocycles. The van der Waals surface area contributed by atoms with E-state index in [4.69, 9.17) is 4.74 Å². The molecule has 0 saturated carbocycles. The Kier molecular flexibility index (Phi) is 7.92. The predicted octanol–water partition coefficient (Wildman–Crippen LogP) is 3.72. The van der Waals surface area contributed by atoms with Crippen LogP contribution in [0.1, 0.15) is 26.2 Å². The van der Waals surface area contributed by atoms with Gasteiger partial charge in [-0.05, 0) is 18.6 Å². The van der Waals surface area contributed by atoms with Crippen LogP contribution in [0.25, 0.3) is 0 Å². The van der Waals surface area contributed by atoms with Gasteiger partial charge >= 0.3 is 0 Å². The van der Waals surface area contributed by atoms with E-state index in [1.165, 1.54) is 19.3 Å². The average molecular weight is 230 g/mol. The topological polar surface area (TPSA) is 21.3 Å². The molecule has 0 unspecified atom stereocenters. The molecule has 3 heteroatoms. The highest BCUT2D eigenvalue weighted by molar-refractivity contribution is 5.85. The standard InChI is InChI=1S/C12H19NO.ClH/c1-3-4-5-9-13-11-7-6-8-12(10-11)14-2;/h6-8,10,13H,3-5,9H2,1-2H3;1H. The Bertz CT molecular complexity index is 266. The van der Waals surface area contributed by atoms with Gasteiger partial charge in [0.2, 0.25) is 0 Å². The summed E-state index contributed by atoms with van der Waals surface area (Å²) in [4.78, 5) is 0. The van der Waals surface area contributed by atoms with Crippen molar-refractivity contribution < 1.29 is 4.74 Å². The Morgan fingerprint density at radius 3 is 2.73 bits per heavy atom. The van der Waals surface area contributed by atoms with Gasteiger partial charge in [0, 0.05) is 18.3 Å². The van der Waals surface area contributed by atoms with Crippen molar-refractivity contribution in [1.29, 1.82) is 0 Å². The number of rotatable bonds is 6. The normalized spacial score (nSPS) is 9.20. The minimum Gasteiger partial charge on any atom is -0.497 e. The summed E-state index contributed by atoms with van der Waals surface area (Å²) in [5.74, 6) is 0.908. The van der Waals surface area contributed by atoms with Crippen LogP contribution in [0.3, 0.4) is 0 Å². The average Bonchev–Trinajstić information content (AvgIpc) is 2.25. The maximum Gasteiger partial charge on any atom is 0.120 e. The summed E-state index contributed by atoms with van der Waals surface area (Å²) in [6, 6.07) is 8.04. The molecule has 2 nitrogen and oxygen atoms in total. The molecule has 1 N–H and O–H groups in total. The molecule has 15 heavy (non-hydrogen) atoms. The zero-order chi connectivity index (χ0) is 10.2. The Labute approximate surface area is 98.4 Å². The second kappa shape index (κ2) is 8.42. The van der Waals surface area contributed by atoms with Gasteiger partial charge in [-0.15, -0.1) is 12.4 Å². The van der Waals surface area contributed by atoms with Gasteiger partial charge in [0.05, 0.1) is 7.11 Å². The fraction of sp³-hybridized carbons (Fsp3) is 0.500. The first-order valence-corrected chi connectivity index (χ1v) is 5.24. The molecule has 0 amide bonds. The Morgan fingerprint density at radius 2 is 2.07 bits per heavy atom. The number of halogens is 1. The van der Waals surface area contributed by atoms with Crippen molar-refractivity contribution in [3.05, 3.63) is 24.3 Å². The van der Waals surface area contributed by atoms with E-state index < -0.39 is 0 Å². The molecule has 0 saturated heterocycles. The first-order chi connectivity index (χ1) is 6.86. The van der Waals surface area contributed by atoms with E-state index in [0.717, 1.165) is 18.0 Å². The molecular formula is C12H20ClNO. The molecule has 0 aliphatic carbocycles. The molecule has 0 bridgehead atoms. The fourth-order valence-electron chi connectivity index (χ4n) is 1.34. The first kappa shape index (κ1) is 14.1. The number of hydrogen-bond donors (Lipinski definition) is 1. The second-order valence-corrected chi connectivity index (χ2v) is 3.37. The van der Waals surface area contributed by atoms with E-state index >= 15 is 0 Å². The molecule has 0 spiro atoms. The van der Waals surface area contributed by atoms with E-state index in [1.807, 2.05) is 18.2 Å². The van der Waals surface area contributed by atoms with Crippen LogP contribution in [-0.4, -0.2) is 13.7 Å². The summed E-state index contributed by atoms with van der Waals surface area (Å²) in [6.45, 7) is 3.26. The number of unbranched alkanes of at least 4 members (excludes halogenated alkanes) is 2. The summed E-state index contributed by atoms with van der Waals surface area (Å²) in [6.07, 6.45) is 3.78. The van der Waals surface area contributed by atoms with Crippen LogP contribution in [0.4, 0.5) is 5.69 Å². The maximum atomic E-state index is 5.14. The zero-order valence-electron chi connectivity index (χ0n) is 9.45. The minimum atomic E-state index is 0. The van der Waals surface area contributed by atoms with E-state index in [1.54, 1.807) is 7.11 Å². The van der Waals surface area contributed by atoms with Crippen molar-refractivity contribution in [3.63, 3.8) is 0 Å². The van der Waals surface area contributed by atoms with Gasteiger partial charge in [0.25, 0.3) is 0 Å². The molecule has 1 rings (SSSR count). The van der Waals surface area contributed by atoms with Crippen LogP contribution in [-0.2, 0) is 0 Å². The molecule has 0 atom stereocenters. The van der Waals surface area contributed by atoms with Crippen molar-refractivity contribution in [3.8, 4) is 5.75 Å². The highest BCUT2D eigenvalue weighted by Crippen LogP contribution is 2.16. The lowest BCUT2D eigenvalue weighted by Gasteiger charge is -2.07. The van der Waals surface area contributed by atoms with E-state index in [0.29, 0.717) is 0 Å². The Hall–Kier alpha value is -0.890. The van der Waals surface area contributed by atoms with E-state index in [-0.39, 0.29) is 12.4 Å². The third kappa shape index (κ3) is 5.53. The van der Waals surface area contributed by atoms with Gasteiger partial charge in [-0.25, -0.2) is 0 Å². The minimum absolute atomic E-state index is 0. The summed E-state index contributed by atoms with van der Waals surface area (Å²) in [7, 11) is 1.69. The number of ether oxygens (including phenoxy) is 1. The molecule has 0 aliphatic rings. The van der Waals surface area contributed by atoms with Crippen LogP contribution in [0.2, 0.25) is 0 Å². The SMILES string of the molecule is CCCCCNc1cccc(OC)c1.Cl. The van der Waals surface area contributed by atoms with Gasteiger partial charge in [-0.1, -0.05) is 25.8 Å². The van der Waals surface area contributed by atoms with Crippen LogP contribution in [0, 0.1) is 0 Å². The van der Waals surface area contributed by atoms with Crippen LogP contribution in [0.15, 0.2) is 24.3 Å². The lowest BCUT2D eigenvalue weighted by atomic mass is 10.2. The van der Waals surface area contributed by atoms with E-state index in [9.17, 15) is 0 Å². The molecule has 1 aromatic carbocycles. The largest absolute Gasteiger partial charge is 0.497 e. The third-order valence-corrected chi connectivity index (χ3v) is 2.18. The number of methoxy groups -OCH3 is 1. The Balaban J connectivity index is 0.00000196. The molecule has 1 aromatic rings. The van der Waals surface area contributed by atoms with Crippen molar-refractivity contribution >= 4 is 18.1 Å². The molecular weight excluding hydrogens is 210 g/mol. The molecule has 0 fully saturated rings. The van der Waals surface area contributed by atoms with Crippen LogP contribution in [0.5, 0.6) is 5.75 Å². The van der Waals surface area contributed by atoms with Crippen molar-refractivity contribution in [2.75, 3.05) is 19.0 Å². The van der Waals surface area contributed by atoms with Gasteiger partial charge in [0.1, 0.15) is 5.75 Å². The fourth-order valence-corrected chi connectivity index (χ4v) is 1.34. The van der Waals surface area contributed by atoms with Crippen molar-refractivity contribution in [1.82, 2.24) is 0 Å². The number of nitrogens with one attached hydrogen (secondary N) is 1. The highest BCUT2D eigenvalue weighted by atomic mass is 35.5. The highest BCUT2D eigenvalue weighted by Gasteiger charge is 1.93. The molecule has 86 valence electrons. The van der Waals surface area contributed by atoms with Gasteiger partial charge in [-0.2, -0.15) is 0 Å². The second-order valence-electron chi connectivity index (χ2n) is 3.37. The summed E-state index contributed by atoms with van der Waals surface area (Å²) in [5, 5.41) is 3.37. The summed E-state index contributed by atoms with van der Waals surface area (Å²) in [5.41, 5.74) is 1.14. The van der Waals surface area contributed by atoms with E-state index in [2.05, 4.69) is 18.3 Å². The number of anilines is 1. The zero-order valence-corrected chi connectivity index (χ0v) is 10.3. The molecule has 0 heterocycles. The van der Waals surface area contributed by atoms with Gasteiger partial charge in [-0.3, -0.25) is 0 Å². The van der Waals surface area contributed by atoms with Crippen LogP contribution < -0.4 is 10.1 Å². The maximum absolute atomic E-state index is 5.14. The van der Waals surface area contributed by atoms with Gasteiger partial charge in [0.15, 0.2) is 0 Å². The van der Waals surface area contributed by atoms with Crippen molar-refractivity contribution in [2.45, 2.75) is 26.2 Å². The van der Waals surface area contributed by atoms with Gasteiger partial charge < -0.3 is 10.1 Å². The molecule has 0 aromatic heterocycles. The first-order valence-electron chi connectivity index (χ1n) is 5.24. The lowest BCUT2D eigenvalue weighted by Crippen LogP contribution is -2.01. The summed E-state index contributed by atoms with van der Waals surface area (Å²) >= 11 is 0. The summed E-state index contributed by atoms with van der Waals surface area (Å²) < 4.78 is 5.14. The van der Waals surface area contributed by atoms with Crippen LogP contribution >= 0.6 is 12.4 Å². The van der Waals surface area contributed by atoms with Crippen molar-refractivity contribution in [2.24, 2.45) is 0 Å². The number of benzene rings is 1. The predicted molar refractivity (Wildman–Crippen MR) is 68.3 cm³/mol. The quantitative estimate of drug-likeness (QED) is 0.751. The smallest absolute Gasteiger partial charge is 0.120 e. The third-order valence-electron chi connectivity index (χ3n) is 2.18. The Morgan fingerprint density at radius 1 is 1.27 bits per heavy atom.